The average Bonchev–Trinajstić information content (AvgIpc) is 2.75. The van der Waals surface area contributed by atoms with E-state index in [0.29, 0.717) is 18.0 Å². The van der Waals surface area contributed by atoms with E-state index in [2.05, 4.69) is 43.4 Å². The molecule has 0 atom stereocenters. The number of carbonyl (C=O) groups excluding carboxylic acids is 1. The molecule has 0 aliphatic heterocycles. The number of nitrogens with one attached hydrogen (secondary N) is 1. The summed E-state index contributed by atoms with van der Waals surface area (Å²) in [5, 5.41) is 2.82. The Bertz CT molecular complexity index is 917. The van der Waals surface area contributed by atoms with Crippen molar-refractivity contribution in [3.8, 4) is 11.5 Å². The molecule has 0 unspecified atom stereocenters. The van der Waals surface area contributed by atoms with Gasteiger partial charge in [0.05, 0.1) is 6.61 Å². The summed E-state index contributed by atoms with van der Waals surface area (Å²) in [6.45, 7) is 6.89. The number of benzene rings is 3. The van der Waals surface area contributed by atoms with Crippen molar-refractivity contribution in [2.24, 2.45) is 0 Å². The average molecular weight is 389 g/mol. The molecular weight excluding hydrogens is 362 g/mol. The minimum absolute atomic E-state index is 0.0470. The van der Waals surface area contributed by atoms with E-state index in [1.165, 1.54) is 11.1 Å². The van der Waals surface area contributed by atoms with Crippen LogP contribution in [0.1, 0.15) is 31.9 Å². The molecule has 0 aromatic heterocycles. The first-order valence-electron chi connectivity index (χ1n) is 9.80. The molecule has 29 heavy (non-hydrogen) atoms. The number of anilines is 1. The fourth-order valence-electron chi connectivity index (χ4n) is 3.14. The highest BCUT2D eigenvalue weighted by Crippen LogP contribution is 2.32. The van der Waals surface area contributed by atoms with Crippen LogP contribution < -0.4 is 14.8 Å². The second kappa shape index (κ2) is 9.28. The Labute approximate surface area is 172 Å². The van der Waals surface area contributed by atoms with Crippen LogP contribution in [0.2, 0.25) is 0 Å². The van der Waals surface area contributed by atoms with Gasteiger partial charge in [-0.25, -0.2) is 0 Å². The van der Waals surface area contributed by atoms with Crippen LogP contribution in [0.4, 0.5) is 5.69 Å². The van der Waals surface area contributed by atoms with Crippen LogP contribution in [0.5, 0.6) is 11.5 Å². The maximum atomic E-state index is 12.1. The molecule has 0 saturated carbocycles. The lowest BCUT2D eigenvalue weighted by Crippen LogP contribution is -2.20. The smallest absolute Gasteiger partial charge is 0.262 e. The van der Waals surface area contributed by atoms with Crippen molar-refractivity contribution in [2.45, 2.75) is 26.2 Å². The van der Waals surface area contributed by atoms with E-state index in [4.69, 9.17) is 9.47 Å². The van der Waals surface area contributed by atoms with Crippen molar-refractivity contribution in [1.82, 2.24) is 0 Å². The van der Waals surface area contributed by atoms with Crippen LogP contribution in [-0.2, 0) is 10.2 Å². The molecule has 0 saturated heterocycles. The predicted molar refractivity (Wildman–Crippen MR) is 117 cm³/mol. The van der Waals surface area contributed by atoms with E-state index >= 15 is 0 Å². The molecule has 1 N–H and O–H groups in total. The molecule has 150 valence electrons. The van der Waals surface area contributed by atoms with Crippen molar-refractivity contribution in [3.63, 3.8) is 0 Å². The van der Waals surface area contributed by atoms with Gasteiger partial charge < -0.3 is 14.8 Å². The molecular formula is C25H27NO3. The summed E-state index contributed by atoms with van der Waals surface area (Å²) >= 11 is 0. The van der Waals surface area contributed by atoms with Crippen molar-refractivity contribution >= 4 is 11.6 Å². The predicted octanol–water partition coefficient (Wildman–Crippen LogP) is 5.43. The van der Waals surface area contributed by atoms with Gasteiger partial charge in [-0.3, -0.25) is 4.79 Å². The number of ether oxygens (including phenoxy) is 2. The van der Waals surface area contributed by atoms with Gasteiger partial charge in [0.25, 0.3) is 5.91 Å². The summed E-state index contributed by atoms with van der Waals surface area (Å²) in [6, 6.07) is 25.6. The van der Waals surface area contributed by atoms with Gasteiger partial charge in [-0.15, -0.1) is 0 Å². The fraction of sp³-hybridized carbons (Fsp3) is 0.240. The van der Waals surface area contributed by atoms with Gasteiger partial charge in [0.15, 0.2) is 6.61 Å². The molecule has 0 bridgehead atoms. The SMILES string of the molecule is CCOc1ccc(NC(=O)COc2ccc(C(C)(C)c3ccccc3)cc2)cc1. The third-order valence-corrected chi connectivity index (χ3v) is 4.89. The van der Waals surface area contributed by atoms with E-state index in [-0.39, 0.29) is 17.9 Å². The van der Waals surface area contributed by atoms with Gasteiger partial charge in [0.1, 0.15) is 11.5 Å². The van der Waals surface area contributed by atoms with Crippen LogP contribution >= 0.6 is 0 Å². The summed E-state index contributed by atoms with van der Waals surface area (Å²) in [6.07, 6.45) is 0. The van der Waals surface area contributed by atoms with Crippen molar-refractivity contribution < 1.29 is 14.3 Å². The molecule has 3 rings (SSSR count). The number of rotatable bonds is 8. The summed E-state index contributed by atoms with van der Waals surface area (Å²) in [4.78, 5) is 12.1. The zero-order valence-corrected chi connectivity index (χ0v) is 17.1. The molecule has 0 radical (unpaired) electrons. The molecule has 0 fully saturated rings. The van der Waals surface area contributed by atoms with Crippen LogP contribution in [0.15, 0.2) is 78.9 Å². The summed E-state index contributed by atoms with van der Waals surface area (Å²) in [5.41, 5.74) is 3.05. The molecule has 3 aromatic rings. The Kier molecular flexibility index (Phi) is 6.55. The standard InChI is InChI=1S/C25H27NO3/c1-4-28-22-16-12-21(13-17-22)26-24(27)18-29-23-14-10-20(11-15-23)25(2,3)19-8-6-5-7-9-19/h5-17H,4,18H2,1-3H3,(H,26,27). The van der Waals surface area contributed by atoms with E-state index in [9.17, 15) is 4.79 Å². The van der Waals surface area contributed by atoms with Gasteiger partial charge in [0, 0.05) is 11.1 Å². The molecule has 1 amide bonds. The van der Waals surface area contributed by atoms with Crippen molar-refractivity contribution in [2.75, 3.05) is 18.5 Å². The first kappa shape index (κ1) is 20.5. The number of hydrogen-bond donors (Lipinski definition) is 1. The number of hydrogen-bond acceptors (Lipinski definition) is 3. The highest BCUT2D eigenvalue weighted by atomic mass is 16.5. The van der Waals surface area contributed by atoms with Gasteiger partial charge >= 0.3 is 0 Å². The third kappa shape index (κ3) is 5.38. The summed E-state index contributed by atoms with van der Waals surface area (Å²) < 4.78 is 11.0. The largest absolute Gasteiger partial charge is 0.494 e. The molecule has 4 nitrogen and oxygen atoms in total. The molecule has 3 aromatic carbocycles. The van der Waals surface area contributed by atoms with Gasteiger partial charge in [0.2, 0.25) is 0 Å². The summed E-state index contributed by atoms with van der Waals surface area (Å²) in [7, 11) is 0. The molecule has 0 aliphatic carbocycles. The fourth-order valence-corrected chi connectivity index (χ4v) is 3.14. The van der Waals surface area contributed by atoms with Crippen LogP contribution in [0, 0.1) is 0 Å². The Morgan fingerprint density at radius 2 is 1.34 bits per heavy atom. The third-order valence-electron chi connectivity index (χ3n) is 4.89. The van der Waals surface area contributed by atoms with E-state index in [1.54, 1.807) is 0 Å². The Morgan fingerprint density at radius 1 is 0.793 bits per heavy atom. The van der Waals surface area contributed by atoms with Crippen LogP contribution in [0.3, 0.4) is 0 Å². The lowest BCUT2D eigenvalue weighted by molar-refractivity contribution is -0.118. The van der Waals surface area contributed by atoms with E-state index < -0.39 is 0 Å². The highest BCUT2D eigenvalue weighted by Gasteiger charge is 2.22. The van der Waals surface area contributed by atoms with E-state index in [1.807, 2.05) is 61.5 Å². The minimum atomic E-state index is -0.206. The van der Waals surface area contributed by atoms with Gasteiger partial charge in [-0.1, -0.05) is 56.3 Å². The maximum absolute atomic E-state index is 12.1. The summed E-state index contributed by atoms with van der Waals surface area (Å²) in [5.74, 6) is 1.24. The Balaban J connectivity index is 1.55. The molecule has 0 heterocycles. The van der Waals surface area contributed by atoms with Gasteiger partial charge in [-0.2, -0.15) is 0 Å². The second-order valence-electron chi connectivity index (χ2n) is 7.31. The number of amides is 1. The maximum Gasteiger partial charge on any atom is 0.262 e. The first-order chi connectivity index (χ1) is 14.0. The molecule has 4 heteroatoms. The van der Waals surface area contributed by atoms with Crippen molar-refractivity contribution in [3.05, 3.63) is 90.0 Å². The highest BCUT2D eigenvalue weighted by molar-refractivity contribution is 5.91. The Morgan fingerprint density at radius 3 is 1.97 bits per heavy atom. The van der Waals surface area contributed by atoms with Crippen LogP contribution in [0.25, 0.3) is 0 Å². The number of carbonyl (C=O) groups is 1. The topological polar surface area (TPSA) is 47.6 Å². The normalized spacial score (nSPS) is 11.0. The zero-order valence-electron chi connectivity index (χ0n) is 17.1. The van der Waals surface area contributed by atoms with Crippen LogP contribution in [-0.4, -0.2) is 19.1 Å². The van der Waals surface area contributed by atoms with Crippen molar-refractivity contribution in [1.29, 1.82) is 0 Å². The van der Waals surface area contributed by atoms with Gasteiger partial charge in [-0.05, 0) is 54.4 Å². The lowest BCUT2D eigenvalue weighted by atomic mass is 9.78. The zero-order chi connectivity index (χ0) is 20.7. The lowest BCUT2D eigenvalue weighted by Gasteiger charge is -2.26. The first-order valence-corrected chi connectivity index (χ1v) is 9.80. The monoisotopic (exact) mass is 389 g/mol. The Hall–Kier alpha value is -3.27. The second-order valence-corrected chi connectivity index (χ2v) is 7.31. The minimum Gasteiger partial charge on any atom is -0.494 e. The van der Waals surface area contributed by atoms with E-state index in [0.717, 1.165) is 5.75 Å². The molecule has 0 spiro atoms. The molecule has 0 aliphatic rings. The quantitative estimate of drug-likeness (QED) is 0.559.